The van der Waals surface area contributed by atoms with Crippen LogP contribution >= 0.6 is 11.3 Å². The first-order chi connectivity index (χ1) is 11.2. The van der Waals surface area contributed by atoms with Crippen molar-refractivity contribution in [3.05, 3.63) is 29.6 Å². The molecule has 0 unspecified atom stereocenters. The SMILES string of the molecule is COc1cccc(-c2csc(NC(=O)N3CCN(C)CC3)n2)c1. The lowest BCUT2D eigenvalue weighted by Gasteiger charge is -2.32. The lowest BCUT2D eigenvalue weighted by molar-refractivity contribution is 0.164. The number of carbonyl (C=O) groups is 1. The fraction of sp³-hybridized carbons (Fsp3) is 0.375. The number of likely N-dealkylation sites (N-methyl/N-ethyl adjacent to an activating group) is 1. The first-order valence-electron chi connectivity index (χ1n) is 7.50. The number of urea groups is 1. The number of nitrogens with zero attached hydrogens (tertiary/aromatic N) is 3. The number of thiazole rings is 1. The highest BCUT2D eigenvalue weighted by atomic mass is 32.1. The molecule has 2 aromatic rings. The lowest BCUT2D eigenvalue weighted by Crippen LogP contribution is -2.48. The van der Waals surface area contributed by atoms with Crippen molar-refractivity contribution in [3.8, 4) is 17.0 Å². The largest absolute Gasteiger partial charge is 0.497 e. The van der Waals surface area contributed by atoms with Gasteiger partial charge in [0.15, 0.2) is 5.13 Å². The fourth-order valence-electron chi connectivity index (χ4n) is 2.43. The van der Waals surface area contributed by atoms with E-state index in [2.05, 4.69) is 22.2 Å². The molecule has 1 aliphatic rings. The van der Waals surface area contributed by atoms with Crippen LogP contribution in [0.15, 0.2) is 29.6 Å². The van der Waals surface area contributed by atoms with Crippen LogP contribution in [0.1, 0.15) is 0 Å². The van der Waals surface area contributed by atoms with E-state index in [4.69, 9.17) is 4.74 Å². The van der Waals surface area contributed by atoms with Crippen molar-refractivity contribution >= 4 is 22.5 Å². The van der Waals surface area contributed by atoms with Crippen LogP contribution in [0.25, 0.3) is 11.3 Å². The van der Waals surface area contributed by atoms with Gasteiger partial charge in [-0.1, -0.05) is 12.1 Å². The molecule has 1 fully saturated rings. The van der Waals surface area contributed by atoms with Gasteiger partial charge in [0.1, 0.15) is 5.75 Å². The molecule has 3 rings (SSSR count). The smallest absolute Gasteiger partial charge is 0.323 e. The number of methoxy groups -OCH3 is 1. The van der Waals surface area contributed by atoms with Gasteiger partial charge in [0.05, 0.1) is 12.8 Å². The van der Waals surface area contributed by atoms with Crippen molar-refractivity contribution < 1.29 is 9.53 Å². The molecule has 0 bridgehead atoms. The van der Waals surface area contributed by atoms with Gasteiger partial charge in [-0.15, -0.1) is 11.3 Å². The van der Waals surface area contributed by atoms with E-state index in [1.54, 1.807) is 7.11 Å². The fourth-order valence-corrected chi connectivity index (χ4v) is 3.14. The number of amides is 2. The summed E-state index contributed by atoms with van der Waals surface area (Å²) in [6.45, 7) is 3.30. The summed E-state index contributed by atoms with van der Waals surface area (Å²) in [4.78, 5) is 20.8. The van der Waals surface area contributed by atoms with Gasteiger partial charge in [0.2, 0.25) is 0 Å². The van der Waals surface area contributed by atoms with Gasteiger partial charge in [-0.3, -0.25) is 5.32 Å². The van der Waals surface area contributed by atoms with Crippen molar-refractivity contribution in [1.29, 1.82) is 0 Å². The van der Waals surface area contributed by atoms with Crippen LogP contribution < -0.4 is 10.1 Å². The van der Waals surface area contributed by atoms with Gasteiger partial charge < -0.3 is 14.5 Å². The molecule has 1 aromatic carbocycles. The maximum atomic E-state index is 12.3. The molecule has 0 aliphatic carbocycles. The lowest BCUT2D eigenvalue weighted by atomic mass is 10.2. The monoisotopic (exact) mass is 332 g/mol. The van der Waals surface area contributed by atoms with Crippen LogP contribution in [0, 0.1) is 0 Å². The zero-order chi connectivity index (χ0) is 16.2. The number of benzene rings is 1. The summed E-state index contributed by atoms with van der Waals surface area (Å²) >= 11 is 1.43. The first-order valence-corrected chi connectivity index (χ1v) is 8.38. The molecule has 1 aromatic heterocycles. The summed E-state index contributed by atoms with van der Waals surface area (Å²) < 4.78 is 5.23. The number of rotatable bonds is 3. The number of hydrogen-bond acceptors (Lipinski definition) is 5. The second kappa shape index (κ2) is 6.97. The van der Waals surface area contributed by atoms with Crippen LogP contribution in [-0.4, -0.2) is 61.2 Å². The minimum atomic E-state index is -0.0790. The Morgan fingerprint density at radius 3 is 2.83 bits per heavy atom. The summed E-state index contributed by atoms with van der Waals surface area (Å²) in [5.74, 6) is 0.790. The van der Waals surface area contributed by atoms with Gasteiger partial charge in [-0.2, -0.15) is 0 Å². The van der Waals surface area contributed by atoms with Gasteiger partial charge >= 0.3 is 6.03 Å². The highest BCUT2D eigenvalue weighted by Gasteiger charge is 2.19. The van der Waals surface area contributed by atoms with E-state index < -0.39 is 0 Å². The Kier molecular flexibility index (Phi) is 4.78. The van der Waals surface area contributed by atoms with Crippen molar-refractivity contribution in [2.75, 3.05) is 45.7 Å². The average molecular weight is 332 g/mol. The molecule has 1 saturated heterocycles. The molecule has 23 heavy (non-hydrogen) atoms. The molecule has 0 saturated carbocycles. The van der Waals surface area contributed by atoms with Gasteiger partial charge in [-0.25, -0.2) is 9.78 Å². The van der Waals surface area contributed by atoms with Crippen molar-refractivity contribution in [2.45, 2.75) is 0 Å². The van der Waals surface area contributed by atoms with E-state index in [9.17, 15) is 4.79 Å². The minimum absolute atomic E-state index is 0.0790. The number of piperazine rings is 1. The molecular weight excluding hydrogens is 312 g/mol. The van der Waals surface area contributed by atoms with Crippen LogP contribution in [-0.2, 0) is 0 Å². The Morgan fingerprint density at radius 2 is 2.09 bits per heavy atom. The zero-order valence-electron chi connectivity index (χ0n) is 13.3. The van der Waals surface area contributed by atoms with Crippen molar-refractivity contribution in [3.63, 3.8) is 0 Å². The molecule has 122 valence electrons. The predicted octanol–water partition coefficient (Wildman–Crippen LogP) is 2.60. The van der Waals surface area contributed by atoms with Crippen molar-refractivity contribution in [2.24, 2.45) is 0 Å². The molecule has 0 atom stereocenters. The Labute approximate surface area is 139 Å². The molecule has 0 spiro atoms. The normalized spacial score (nSPS) is 15.5. The van der Waals surface area contributed by atoms with Crippen molar-refractivity contribution in [1.82, 2.24) is 14.8 Å². The van der Waals surface area contributed by atoms with E-state index in [0.29, 0.717) is 5.13 Å². The number of carbonyl (C=O) groups excluding carboxylic acids is 1. The van der Waals surface area contributed by atoms with Crippen LogP contribution in [0.4, 0.5) is 9.93 Å². The molecular formula is C16H20N4O2S. The highest BCUT2D eigenvalue weighted by Crippen LogP contribution is 2.27. The Balaban J connectivity index is 1.66. The average Bonchev–Trinajstić information content (AvgIpc) is 3.04. The molecule has 1 aliphatic heterocycles. The van der Waals surface area contributed by atoms with E-state index in [-0.39, 0.29) is 6.03 Å². The minimum Gasteiger partial charge on any atom is -0.497 e. The number of anilines is 1. The maximum absolute atomic E-state index is 12.3. The summed E-state index contributed by atoms with van der Waals surface area (Å²) in [6.07, 6.45) is 0. The Bertz CT molecular complexity index is 680. The second-order valence-corrected chi connectivity index (χ2v) is 6.35. The zero-order valence-corrected chi connectivity index (χ0v) is 14.1. The topological polar surface area (TPSA) is 57.7 Å². The van der Waals surface area contributed by atoms with E-state index in [1.165, 1.54) is 11.3 Å². The van der Waals surface area contributed by atoms with Crippen LogP contribution in [0.2, 0.25) is 0 Å². The van der Waals surface area contributed by atoms with Crippen LogP contribution in [0.5, 0.6) is 5.75 Å². The van der Waals surface area contributed by atoms with Gasteiger partial charge in [-0.05, 0) is 19.2 Å². The molecule has 7 heteroatoms. The highest BCUT2D eigenvalue weighted by molar-refractivity contribution is 7.14. The van der Waals surface area contributed by atoms with E-state index in [0.717, 1.165) is 43.2 Å². The van der Waals surface area contributed by atoms with Crippen LogP contribution in [0.3, 0.4) is 0 Å². The second-order valence-electron chi connectivity index (χ2n) is 5.49. The molecule has 1 N–H and O–H groups in total. The number of ether oxygens (including phenoxy) is 1. The molecule has 2 amide bonds. The van der Waals surface area contributed by atoms with E-state index >= 15 is 0 Å². The third-order valence-electron chi connectivity index (χ3n) is 3.87. The number of hydrogen-bond donors (Lipinski definition) is 1. The molecule has 2 heterocycles. The third kappa shape index (κ3) is 3.80. The Morgan fingerprint density at radius 1 is 1.30 bits per heavy atom. The summed E-state index contributed by atoms with van der Waals surface area (Å²) in [5, 5.41) is 5.45. The Hall–Kier alpha value is -2.12. The van der Waals surface area contributed by atoms with E-state index in [1.807, 2.05) is 34.5 Å². The quantitative estimate of drug-likeness (QED) is 0.939. The summed E-state index contributed by atoms with van der Waals surface area (Å²) in [5.41, 5.74) is 1.81. The molecule has 0 radical (unpaired) electrons. The van der Waals surface area contributed by atoms with Gasteiger partial charge in [0, 0.05) is 37.1 Å². The summed E-state index contributed by atoms with van der Waals surface area (Å²) in [6, 6.07) is 7.65. The summed E-state index contributed by atoms with van der Waals surface area (Å²) in [7, 11) is 3.71. The maximum Gasteiger partial charge on any atom is 0.323 e. The third-order valence-corrected chi connectivity index (χ3v) is 4.63. The predicted molar refractivity (Wildman–Crippen MR) is 92.2 cm³/mol. The standard InChI is InChI=1S/C16H20N4O2S/c1-19-6-8-20(9-7-19)16(21)18-15-17-14(11-23-15)12-4-3-5-13(10-12)22-2/h3-5,10-11H,6-9H2,1-2H3,(H,17,18,21). The number of nitrogens with one attached hydrogen (secondary N) is 1. The number of aromatic nitrogens is 1. The molecule has 6 nitrogen and oxygen atoms in total. The van der Waals surface area contributed by atoms with Gasteiger partial charge in [0.25, 0.3) is 0 Å². The first kappa shape index (κ1) is 15.8.